The van der Waals surface area contributed by atoms with Gasteiger partial charge in [-0.25, -0.2) is 4.79 Å². The van der Waals surface area contributed by atoms with Gasteiger partial charge in [-0.2, -0.15) is 0 Å². The number of carbonyl (C=O) groups is 1. The van der Waals surface area contributed by atoms with Crippen LogP contribution in [0.5, 0.6) is 5.75 Å². The van der Waals surface area contributed by atoms with Crippen molar-refractivity contribution >= 4 is 66.0 Å². The van der Waals surface area contributed by atoms with Gasteiger partial charge in [0.05, 0.1) is 24.2 Å². The average Bonchev–Trinajstić information content (AvgIpc) is 3.05. The predicted molar refractivity (Wildman–Crippen MR) is 108 cm³/mol. The molecule has 0 unspecified atom stereocenters. The predicted octanol–water partition coefficient (Wildman–Crippen LogP) is 5.63. The summed E-state index contributed by atoms with van der Waals surface area (Å²) in [5.74, 6) is -0.0112. The van der Waals surface area contributed by atoms with Crippen LogP contribution < -0.4 is 4.74 Å². The minimum Gasteiger partial charge on any atom is -0.494 e. The number of para-hydroxylation sites is 1. The number of hydrogen-bond acceptors (Lipinski definition) is 3. The number of halogens is 2. The second kappa shape index (κ2) is 7.88. The topological polar surface area (TPSA) is 51.5 Å². The van der Waals surface area contributed by atoms with E-state index in [0.29, 0.717) is 18.8 Å². The Morgan fingerprint density at radius 3 is 2.75 bits per heavy atom. The molecule has 0 aliphatic heterocycles. The van der Waals surface area contributed by atoms with Crippen LogP contribution in [0, 0.1) is 3.57 Å². The number of aromatic carboxylic acids is 1. The molecule has 0 spiro atoms. The van der Waals surface area contributed by atoms with Crippen molar-refractivity contribution in [2.24, 2.45) is 0 Å². The Kier molecular flexibility index (Phi) is 5.83. The van der Waals surface area contributed by atoms with Crippen LogP contribution in [0.15, 0.2) is 40.2 Å². The molecular weight excluding hydrogens is 505 g/mol. The summed E-state index contributed by atoms with van der Waals surface area (Å²) in [7, 11) is 0. The Bertz CT molecular complexity index is 860. The molecule has 1 aromatic carbocycles. The summed E-state index contributed by atoms with van der Waals surface area (Å²) >= 11 is 7.19. The zero-order chi connectivity index (χ0) is 17.1. The van der Waals surface area contributed by atoms with Crippen LogP contribution in [0.2, 0.25) is 0 Å². The van der Waals surface area contributed by atoms with E-state index in [1.54, 1.807) is 11.3 Å². The van der Waals surface area contributed by atoms with E-state index in [1.165, 1.54) is 0 Å². The molecule has 0 saturated carbocycles. The zero-order valence-electron chi connectivity index (χ0n) is 12.7. The molecule has 2 aromatic heterocycles. The summed E-state index contributed by atoms with van der Waals surface area (Å²) in [5.41, 5.74) is 1.37. The molecule has 0 radical (unpaired) electrons. The second-order valence-corrected chi connectivity index (χ2v) is 8.76. The molecule has 4 nitrogen and oxygen atoms in total. The van der Waals surface area contributed by atoms with Gasteiger partial charge in [-0.05, 0) is 69.6 Å². The molecule has 24 heavy (non-hydrogen) atoms. The Morgan fingerprint density at radius 2 is 2.04 bits per heavy atom. The fourth-order valence-electron chi connectivity index (χ4n) is 2.58. The number of thiophene rings is 1. The number of carboxylic acids is 1. The average molecular weight is 520 g/mol. The highest BCUT2D eigenvalue weighted by Crippen LogP contribution is 2.37. The number of ether oxygens (including phenoxy) is 1. The molecule has 0 saturated heterocycles. The lowest BCUT2D eigenvalue weighted by atomic mass is 10.3. The van der Waals surface area contributed by atoms with Gasteiger partial charge in [0.1, 0.15) is 11.4 Å². The fourth-order valence-corrected chi connectivity index (χ4v) is 5.23. The zero-order valence-corrected chi connectivity index (χ0v) is 17.2. The lowest BCUT2D eigenvalue weighted by Gasteiger charge is -2.09. The van der Waals surface area contributed by atoms with E-state index < -0.39 is 5.97 Å². The number of rotatable bonds is 7. The second-order valence-electron chi connectivity index (χ2n) is 5.25. The van der Waals surface area contributed by atoms with Crippen molar-refractivity contribution in [3.05, 3.63) is 49.4 Å². The maximum atomic E-state index is 11.6. The molecule has 126 valence electrons. The van der Waals surface area contributed by atoms with Gasteiger partial charge in [0, 0.05) is 6.54 Å². The van der Waals surface area contributed by atoms with Crippen molar-refractivity contribution in [3.8, 4) is 5.75 Å². The van der Waals surface area contributed by atoms with Crippen LogP contribution in [0.25, 0.3) is 10.2 Å². The van der Waals surface area contributed by atoms with E-state index in [1.807, 2.05) is 41.0 Å². The highest BCUT2D eigenvalue weighted by atomic mass is 127. The third-order valence-corrected chi connectivity index (χ3v) is 6.70. The molecule has 0 bridgehead atoms. The van der Waals surface area contributed by atoms with Gasteiger partial charge in [-0.15, -0.1) is 11.3 Å². The van der Waals surface area contributed by atoms with E-state index in [9.17, 15) is 9.90 Å². The van der Waals surface area contributed by atoms with Crippen molar-refractivity contribution in [3.63, 3.8) is 0 Å². The summed E-state index contributed by atoms with van der Waals surface area (Å²) < 4.78 is 10.4. The molecule has 0 atom stereocenters. The Labute approximate surface area is 165 Å². The van der Waals surface area contributed by atoms with Crippen LogP contribution in [-0.2, 0) is 6.54 Å². The van der Waals surface area contributed by atoms with Gasteiger partial charge in [-0.3, -0.25) is 0 Å². The Morgan fingerprint density at radius 1 is 1.29 bits per heavy atom. The van der Waals surface area contributed by atoms with Crippen LogP contribution in [0.1, 0.15) is 23.3 Å². The van der Waals surface area contributed by atoms with Gasteiger partial charge in [0.15, 0.2) is 0 Å². The molecule has 0 amide bonds. The van der Waals surface area contributed by atoms with Crippen molar-refractivity contribution in [1.82, 2.24) is 4.57 Å². The smallest absolute Gasteiger partial charge is 0.353 e. The Balaban J connectivity index is 1.66. The third-order valence-electron chi connectivity index (χ3n) is 3.64. The van der Waals surface area contributed by atoms with Gasteiger partial charge in [0.2, 0.25) is 0 Å². The third kappa shape index (κ3) is 3.78. The number of aryl methyl sites for hydroxylation is 1. The van der Waals surface area contributed by atoms with Crippen molar-refractivity contribution in [1.29, 1.82) is 0 Å². The van der Waals surface area contributed by atoms with E-state index in [-0.39, 0.29) is 0 Å². The molecule has 0 aliphatic carbocycles. The molecule has 2 heterocycles. The number of benzene rings is 1. The first-order chi connectivity index (χ1) is 11.6. The molecule has 3 rings (SSSR count). The highest BCUT2D eigenvalue weighted by Gasteiger charge is 2.22. The SMILES string of the molecule is O=C(O)c1c(I)c2sc(Br)cc2n1CCCCOc1ccccc1. The number of unbranched alkanes of at least 4 members (excludes halogenated alkanes) is 1. The van der Waals surface area contributed by atoms with Crippen molar-refractivity contribution < 1.29 is 14.6 Å². The van der Waals surface area contributed by atoms with Gasteiger partial charge >= 0.3 is 5.97 Å². The molecule has 0 aliphatic rings. The largest absolute Gasteiger partial charge is 0.494 e. The molecule has 1 N–H and O–H groups in total. The maximum Gasteiger partial charge on any atom is 0.353 e. The summed E-state index contributed by atoms with van der Waals surface area (Å²) in [5, 5.41) is 9.53. The van der Waals surface area contributed by atoms with E-state index in [4.69, 9.17) is 4.74 Å². The number of nitrogens with zero attached hydrogens (tertiary/aromatic N) is 1. The standard InChI is InChI=1S/C17H15BrINO3S/c18-13-10-12-16(24-13)14(19)15(17(21)22)20(12)8-4-5-9-23-11-6-2-1-3-7-11/h1-3,6-7,10H,4-5,8-9H2,(H,21,22). The number of aromatic nitrogens is 1. The minimum absolute atomic E-state index is 0.383. The van der Waals surface area contributed by atoms with Crippen LogP contribution >= 0.6 is 49.9 Å². The molecule has 7 heteroatoms. The Hall–Kier alpha value is -1.06. The summed E-state index contributed by atoms with van der Waals surface area (Å²) in [6.45, 7) is 1.30. The highest BCUT2D eigenvalue weighted by molar-refractivity contribution is 14.1. The van der Waals surface area contributed by atoms with E-state index in [2.05, 4.69) is 38.5 Å². The van der Waals surface area contributed by atoms with Crippen molar-refractivity contribution in [2.45, 2.75) is 19.4 Å². The van der Waals surface area contributed by atoms with Crippen molar-refractivity contribution in [2.75, 3.05) is 6.61 Å². The van der Waals surface area contributed by atoms with Crippen LogP contribution in [0.4, 0.5) is 0 Å². The number of carboxylic acid groups (broad SMARTS) is 1. The normalized spacial score (nSPS) is 11.1. The van der Waals surface area contributed by atoms with Gasteiger partial charge < -0.3 is 14.4 Å². The summed E-state index contributed by atoms with van der Waals surface area (Å²) in [4.78, 5) is 11.6. The summed E-state index contributed by atoms with van der Waals surface area (Å²) in [6.07, 6.45) is 1.73. The van der Waals surface area contributed by atoms with Crippen LogP contribution in [-0.4, -0.2) is 22.2 Å². The first kappa shape index (κ1) is 17.8. The van der Waals surface area contributed by atoms with Gasteiger partial charge in [0.25, 0.3) is 0 Å². The summed E-state index contributed by atoms with van der Waals surface area (Å²) in [6, 6.07) is 11.7. The van der Waals surface area contributed by atoms with E-state index >= 15 is 0 Å². The van der Waals surface area contributed by atoms with Gasteiger partial charge in [-0.1, -0.05) is 18.2 Å². The molecular formula is C17H15BrINO3S. The van der Waals surface area contributed by atoms with Crippen LogP contribution in [0.3, 0.4) is 0 Å². The first-order valence-corrected chi connectivity index (χ1v) is 10.1. The fraction of sp³-hybridized carbons (Fsp3) is 0.235. The first-order valence-electron chi connectivity index (χ1n) is 7.46. The number of fused-ring (bicyclic) bond motifs is 1. The quantitative estimate of drug-likeness (QED) is 0.325. The monoisotopic (exact) mass is 519 g/mol. The number of hydrogen-bond donors (Lipinski definition) is 1. The molecule has 0 fully saturated rings. The van der Waals surface area contributed by atoms with E-state index in [0.717, 1.165) is 36.2 Å². The minimum atomic E-state index is -0.876. The molecule has 3 aromatic rings. The lowest BCUT2D eigenvalue weighted by molar-refractivity contribution is 0.0684. The lowest BCUT2D eigenvalue weighted by Crippen LogP contribution is -2.10. The maximum absolute atomic E-state index is 11.6.